The Labute approximate surface area is 123 Å². The van der Waals surface area contributed by atoms with Gasteiger partial charge in [-0.1, -0.05) is 38.0 Å². The van der Waals surface area contributed by atoms with Gasteiger partial charge in [0.1, 0.15) is 11.1 Å². The van der Waals surface area contributed by atoms with Gasteiger partial charge in [-0.3, -0.25) is 4.79 Å². The van der Waals surface area contributed by atoms with Crippen LogP contribution in [-0.4, -0.2) is 11.9 Å². The van der Waals surface area contributed by atoms with E-state index in [2.05, 4.69) is 12.2 Å². The van der Waals surface area contributed by atoms with Crippen LogP contribution in [0.1, 0.15) is 43.0 Å². The Bertz CT molecular complexity index is 719. The van der Waals surface area contributed by atoms with Crippen molar-refractivity contribution < 1.29 is 9.21 Å². The smallest absolute Gasteiger partial charge is 0.349 e. The van der Waals surface area contributed by atoms with E-state index in [9.17, 15) is 9.59 Å². The minimum absolute atomic E-state index is 0.0893. The lowest BCUT2D eigenvalue weighted by atomic mass is 9.86. The summed E-state index contributed by atoms with van der Waals surface area (Å²) in [6, 6.07) is 8.98. The predicted molar refractivity (Wildman–Crippen MR) is 81.4 cm³/mol. The van der Waals surface area contributed by atoms with E-state index in [0.717, 1.165) is 24.6 Å². The monoisotopic (exact) mass is 285 g/mol. The van der Waals surface area contributed by atoms with Crippen molar-refractivity contribution in [3.05, 3.63) is 46.3 Å². The number of hydrogen-bond donors (Lipinski definition) is 1. The summed E-state index contributed by atoms with van der Waals surface area (Å²) in [5.74, 6) is 0.128. The summed E-state index contributed by atoms with van der Waals surface area (Å²) < 4.78 is 5.21. The Hall–Kier alpha value is -2.10. The van der Waals surface area contributed by atoms with Gasteiger partial charge < -0.3 is 9.73 Å². The van der Waals surface area contributed by atoms with Crippen molar-refractivity contribution in [2.75, 3.05) is 0 Å². The van der Waals surface area contributed by atoms with Crippen LogP contribution in [0.3, 0.4) is 0 Å². The second-order valence-corrected chi connectivity index (χ2v) is 5.83. The third kappa shape index (κ3) is 2.84. The van der Waals surface area contributed by atoms with Crippen LogP contribution in [0.4, 0.5) is 0 Å². The number of carbonyl (C=O) groups is 1. The molecule has 1 saturated carbocycles. The molecule has 4 nitrogen and oxygen atoms in total. The first-order valence-corrected chi connectivity index (χ1v) is 7.49. The highest BCUT2D eigenvalue weighted by molar-refractivity contribution is 5.96. The zero-order valence-electron chi connectivity index (χ0n) is 12.1. The molecule has 110 valence electrons. The lowest BCUT2D eigenvalue weighted by Gasteiger charge is -2.29. The third-order valence-electron chi connectivity index (χ3n) is 4.31. The quantitative estimate of drug-likeness (QED) is 0.862. The van der Waals surface area contributed by atoms with Gasteiger partial charge in [0.15, 0.2) is 0 Å². The Morgan fingerprint density at radius 3 is 2.81 bits per heavy atom. The van der Waals surface area contributed by atoms with Crippen LogP contribution >= 0.6 is 0 Å². The normalized spacial score (nSPS) is 22.1. The third-order valence-corrected chi connectivity index (χ3v) is 4.31. The van der Waals surface area contributed by atoms with Gasteiger partial charge in [-0.2, -0.15) is 0 Å². The molecule has 2 atom stereocenters. The van der Waals surface area contributed by atoms with Crippen LogP contribution in [-0.2, 0) is 0 Å². The second kappa shape index (κ2) is 5.72. The van der Waals surface area contributed by atoms with Gasteiger partial charge in [0.05, 0.1) is 0 Å². The van der Waals surface area contributed by atoms with E-state index in [0.29, 0.717) is 11.5 Å². The number of amides is 1. The Kier molecular flexibility index (Phi) is 3.78. The van der Waals surface area contributed by atoms with E-state index in [-0.39, 0.29) is 17.5 Å². The van der Waals surface area contributed by atoms with Gasteiger partial charge in [-0.25, -0.2) is 4.79 Å². The molecule has 1 aliphatic rings. The molecule has 3 rings (SSSR count). The number of carbonyl (C=O) groups excluding carboxylic acids is 1. The van der Waals surface area contributed by atoms with Crippen LogP contribution < -0.4 is 10.9 Å². The van der Waals surface area contributed by atoms with Gasteiger partial charge in [0.2, 0.25) is 0 Å². The Morgan fingerprint density at radius 1 is 1.24 bits per heavy atom. The second-order valence-electron chi connectivity index (χ2n) is 5.83. The lowest BCUT2D eigenvalue weighted by molar-refractivity contribution is 0.0906. The Balaban J connectivity index is 1.87. The minimum atomic E-state index is -0.574. The van der Waals surface area contributed by atoms with Crippen LogP contribution in [0, 0.1) is 5.92 Å². The largest absolute Gasteiger partial charge is 0.422 e. The summed E-state index contributed by atoms with van der Waals surface area (Å²) in [7, 11) is 0. The fraction of sp³-hybridized carbons (Fsp3) is 0.412. The summed E-state index contributed by atoms with van der Waals surface area (Å²) in [5.41, 5.74) is 0.0196. The number of para-hydroxylation sites is 1. The molecule has 0 unspecified atom stereocenters. The lowest BCUT2D eigenvalue weighted by Crippen LogP contribution is -2.42. The number of nitrogens with one attached hydrogen (secondary N) is 1. The average Bonchev–Trinajstić information content (AvgIpc) is 2.49. The first-order chi connectivity index (χ1) is 10.1. The molecule has 1 N–H and O–H groups in total. The molecule has 21 heavy (non-hydrogen) atoms. The predicted octanol–water partition coefficient (Wildman–Crippen LogP) is 3.10. The molecular formula is C17H19NO3. The maximum Gasteiger partial charge on any atom is 0.349 e. The molecule has 2 aromatic rings. The highest BCUT2D eigenvalue weighted by Crippen LogP contribution is 2.24. The molecular weight excluding hydrogens is 266 g/mol. The number of fused-ring (bicyclic) bond motifs is 1. The molecule has 0 aliphatic heterocycles. The highest BCUT2D eigenvalue weighted by atomic mass is 16.4. The summed E-state index contributed by atoms with van der Waals surface area (Å²) in [6.45, 7) is 2.15. The topological polar surface area (TPSA) is 59.3 Å². The van der Waals surface area contributed by atoms with Crippen LogP contribution in [0.5, 0.6) is 0 Å². The molecule has 1 fully saturated rings. The first kappa shape index (κ1) is 13.9. The van der Waals surface area contributed by atoms with E-state index in [4.69, 9.17) is 4.42 Å². The van der Waals surface area contributed by atoms with Gasteiger partial charge in [-0.15, -0.1) is 0 Å². The molecule has 0 bridgehead atoms. The standard InChI is InChI=1S/C17H19NO3/c1-11-6-2-4-8-14(11)18-16(19)13-10-12-7-3-5-9-15(12)21-17(13)20/h3,5,7,9-11,14H,2,4,6,8H2,1H3,(H,18,19)/t11-,14+/m1/s1. The molecule has 1 aromatic heterocycles. The van der Waals surface area contributed by atoms with Crippen molar-refractivity contribution >= 4 is 16.9 Å². The molecule has 1 amide bonds. The average molecular weight is 285 g/mol. The van der Waals surface area contributed by atoms with E-state index >= 15 is 0 Å². The van der Waals surface area contributed by atoms with Gasteiger partial charge >= 0.3 is 5.63 Å². The molecule has 1 heterocycles. The summed E-state index contributed by atoms with van der Waals surface area (Å²) in [6.07, 6.45) is 4.44. The number of rotatable bonds is 2. The van der Waals surface area contributed by atoms with Crippen molar-refractivity contribution in [2.45, 2.75) is 38.6 Å². The van der Waals surface area contributed by atoms with E-state index in [1.807, 2.05) is 12.1 Å². The van der Waals surface area contributed by atoms with Crippen LogP contribution in [0.2, 0.25) is 0 Å². The molecule has 1 aliphatic carbocycles. The fourth-order valence-corrected chi connectivity index (χ4v) is 3.00. The molecule has 0 radical (unpaired) electrons. The number of hydrogen-bond acceptors (Lipinski definition) is 3. The SMILES string of the molecule is C[C@@H]1CCCC[C@@H]1NC(=O)c1cc2ccccc2oc1=O. The Morgan fingerprint density at radius 2 is 2.00 bits per heavy atom. The van der Waals surface area contributed by atoms with Gasteiger partial charge in [0, 0.05) is 11.4 Å². The van der Waals surface area contributed by atoms with Crippen molar-refractivity contribution in [3.8, 4) is 0 Å². The summed E-state index contributed by atoms with van der Waals surface area (Å²) in [4.78, 5) is 24.3. The zero-order chi connectivity index (χ0) is 14.8. The van der Waals surface area contributed by atoms with E-state index in [1.54, 1.807) is 18.2 Å². The minimum Gasteiger partial charge on any atom is -0.422 e. The van der Waals surface area contributed by atoms with Gasteiger partial charge in [0.25, 0.3) is 5.91 Å². The van der Waals surface area contributed by atoms with Crippen molar-refractivity contribution in [2.24, 2.45) is 5.92 Å². The fourth-order valence-electron chi connectivity index (χ4n) is 3.00. The van der Waals surface area contributed by atoms with Gasteiger partial charge in [-0.05, 0) is 30.9 Å². The van der Waals surface area contributed by atoms with E-state index < -0.39 is 5.63 Å². The molecule has 0 saturated heterocycles. The molecule has 4 heteroatoms. The highest BCUT2D eigenvalue weighted by Gasteiger charge is 2.24. The van der Waals surface area contributed by atoms with Crippen molar-refractivity contribution in [3.63, 3.8) is 0 Å². The van der Waals surface area contributed by atoms with Crippen LogP contribution in [0.15, 0.2) is 39.5 Å². The number of benzene rings is 1. The summed E-state index contributed by atoms with van der Waals surface area (Å²) >= 11 is 0. The first-order valence-electron chi connectivity index (χ1n) is 7.49. The zero-order valence-corrected chi connectivity index (χ0v) is 12.1. The van der Waals surface area contributed by atoms with Crippen molar-refractivity contribution in [1.82, 2.24) is 5.32 Å². The van der Waals surface area contributed by atoms with E-state index in [1.165, 1.54) is 6.42 Å². The maximum absolute atomic E-state index is 12.4. The van der Waals surface area contributed by atoms with Crippen LogP contribution in [0.25, 0.3) is 11.0 Å². The molecule has 1 aromatic carbocycles. The van der Waals surface area contributed by atoms with Crippen molar-refractivity contribution in [1.29, 1.82) is 0 Å². The molecule has 0 spiro atoms. The summed E-state index contributed by atoms with van der Waals surface area (Å²) in [5, 5.41) is 3.75. The maximum atomic E-state index is 12.4.